The Morgan fingerprint density at radius 1 is 1.38 bits per heavy atom. The molecule has 1 aromatic heterocycles. The van der Waals surface area contributed by atoms with E-state index < -0.39 is 18.0 Å². The standard InChI is InChI=1S/C13H15N5O3/c1-18(7-10-14-8-15-17-10)13(21)16-11(12(19)20)9-5-3-2-4-6-9/h2-6,8,11H,7H2,1H3,(H,16,21)(H,19,20)(H,14,15,17)/t11-/m1/s1. The van der Waals surface area contributed by atoms with Crippen molar-refractivity contribution in [3.63, 3.8) is 0 Å². The number of nitrogens with one attached hydrogen (secondary N) is 2. The van der Waals surface area contributed by atoms with E-state index in [0.29, 0.717) is 11.4 Å². The minimum atomic E-state index is -1.12. The van der Waals surface area contributed by atoms with Gasteiger partial charge in [-0.05, 0) is 5.56 Å². The van der Waals surface area contributed by atoms with Gasteiger partial charge < -0.3 is 15.3 Å². The summed E-state index contributed by atoms with van der Waals surface area (Å²) in [6.07, 6.45) is 1.34. The Morgan fingerprint density at radius 3 is 2.67 bits per heavy atom. The Balaban J connectivity index is 2.03. The number of carboxylic acid groups (broad SMARTS) is 1. The lowest BCUT2D eigenvalue weighted by atomic mass is 10.1. The topological polar surface area (TPSA) is 111 Å². The highest BCUT2D eigenvalue weighted by atomic mass is 16.4. The number of carbonyl (C=O) groups is 2. The fraction of sp³-hybridized carbons (Fsp3) is 0.231. The Morgan fingerprint density at radius 2 is 2.10 bits per heavy atom. The summed E-state index contributed by atoms with van der Waals surface area (Å²) in [6.45, 7) is 0.201. The first kappa shape index (κ1) is 14.5. The zero-order valence-electron chi connectivity index (χ0n) is 11.4. The number of amides is 2. The fourth-order valence-corrected chi connectivity index (χ4v) is 1.77. The van der Waals surface area contributed by atoms with Gasteiger partial charge in [0.05, 0.1) is 6.54 Å². The van der Waals surface area contributed by atoms with Crippen molar-refractivity contribution >= 4 is 12.0 Å². The van der Waals surface area contributed by atoms with E-state index >= 15 is 0 Å². The predicted octanol–water partition coefficient (Wildman–Crippen LogP) is 0.772. The zero-order valence-corrected chi connectivity index (χ0v) is 11.4. The first-order chi connectivity index (χ1) is 10.1. The van der Waals surface area contributed by atoms with Gasteiger partial charge in [-0.15, -0.1) is 0 Å². The molecular formula is C13H15N5O3. The van der Waals surface area contributed by atoms with Crippen molar-refractivity contribution in [2.75, 3.05) is 7.05 Å². The molecule has 0 saturated carbocycles. The zero-order chi connectivity index (χ0) is 15.2. The van der Waals surface area contributed by atoms with Crippen molar-refractivity contribution in [1.29, 1.82) is 0 Å². The normalized spacial score (nSPS) is 11.7. The van der Waals surface area contributed by atoms with Gasteiger partial charge in [0.1, 0.15) is 12.2 Å². The molecule has 1 aromatic carbocycles. The molecule has 0 aliphatic rings. The van der Waals surface area contributed by atoms with Crippen LogP contribution in [0.1, 0.15) is 17.4 Å². The van der Waals surface area contributed by atoms with Crippen LogP contribution in [0.4, 0.5) is 4.79 Å². The third-order valence-corrected chi connectivity index (χ3v) is 2.85. The molecule has 0 fully saturated rings. The van der Waals surface area contributed by atoms with Gasteiger partial charge in [0.2, 0.25) is 0 Å². The van der Waals surface area contributed by atoms with Gasteiger partial charge in [-0.2, -0.15) is 5.10 Å². The van der Waals surface area contributed by atoms with Gasteiger partial charge in [0.25, 0.3) is 0 Å². The van der Waals surface area contributed by atoms with Gasteiger partial charge in [-0.3, -0.25) is 5.10 Å². The first-order valence-corrected chi connectivity index (χ1v) is 6.21. The summed E-state index contributed by atoms with van der Waals surface area (Å²) in [6, 6.07) is 6.90. The Kier molecular flexibility index (Phi) is 4.50. The third-order valence-electron chi connectivity index (χ3n) is 2.85. The molecule has 21 heavy (non-hydrogen) atoms. The van der Waals surface area contributed by atoms with E-state index in [4.69, 9.17) is 0 Å². The molecule has 1 atom stereocenters. The third kappa shape index (κ3) is 3.78. The lowest BCUT2D eigenvalue weighted by Gasteiger charge is -2.20. The monoisotopic (exact) mass is 289 g/mol. The van der Waals surface area contributed by atoms with Crippen molar-refractivity contribution in [1.82, 2.24) is 25.4 Å². The molecule has 1 heterocycles. The molecule has 0 unspecified atom stereocenters. The number of aromatic amines is 1. The number of aromatic nitrogens is 3. The molecule has 2 aromatic rings. The highest BCUT2D eigenvalue weighted by molar-refractivity contribution is 5.83. The van der Waals surface area contributed by atoms with Gasteiger partial charge in [-0.25, -0.2) is 14.6 Å². The molecule has 110 valence electrons. The largest absolute Gasteiger partial charge is 0.479 e. The quantitative estimate of drug-likeness (QED) is 0.753. The number of carboxylic acids is 1. The van der Waals surface area contributed by atoms with Crippen LogP contribution in [-0.2, 0) is 11.3 Å². The van der Waals surface area contributed by atoms with Crippen LogP contribution in [-0.4, -0.2) is 44.2 Å². The maximum atomic E-state index is 12.0. The van der Waals surface area contributed by atoms with Crippen LogP contribution in [0.2, 0.25) is 0 Å². The smallest absolute Gasteiger partial charge is 0.330 e. The summed E-state index contributed by atoms with van der Waals surface area (Å²) in [4.78, 5) is 28.6. The van der Waals surface area contributed by atoms with Crippen LogP contribution < -0.4 is 5.32 Å². The van der Waals surface area contributed by atoms with E-state index in [2.05, 4.69) is 20.5 Å². The maximum Gasteiger partial charge on any atom is 0.330 e. The number of hydrogen-bond acceptors (Lipinski definition) is 4. The second kappa shape index (κ2) is 6.51. The molecule has 2 amide bonds. The molecule has 0 bridgehead atoms. The Labute approximate surface area is 120 Å². The average Bonchev–Trinajstić information content (AvgIpc) is 2.98. The summed E-state index contributed by atoms with van der Waals surface area (Å²) in [5, 5.41) is 18.0. The van der Waals surface area contributed by atoms with Crippen molar-refractivity contribution < 1.29 is 14.7 Å². The van der Waals surface area contributed by atoms with Crippen LogP contribution in [0.5, 0.6) is 0 Å². The molecule has 3 N–H and O–H groups in total. The van der Waals surface area contributed by atoms with E-state index in [1.165, 1.54) is 11.2 Å². The number of H-pyrrole nitrogens is 1. The van der Waals surface area contributed by atoms with Crippen molar-refractivity contribution in [3.05, 3.63) is 48.0 Å². The SMILES string of the molecule is CN(Cc1ncn[nH]1)C(=O)N[C@@H](C(=O)O)c1ccccc1. The van der Waals surface area contributed by atoms with E-state index in [-0.39, 0.29) is 6.54 Å². The van der Waals surface area contributed by atoms with Crippen LogP contribution in [0.15, 0.2) is 36.7 Å². The second-order valence-electron chi connectivity index (χ2n) is 4.42. The summed E-state index contributed by atoms with van der Waals surface area (Å²) in [7, 11) is 1.54. The van der Waals surface area contributed by atoms with Gasteiger partial charge in [0, 0.05) is 7.05 Å². The van der Waals surface area contributed by atoms with E-state index in [1.54, 1.807) is 37.4 Å². The molecule has 0 aliphatic heterocycles. The fourth-order valence-electron chi connectivity index (χ4n) is 1.77. The number of nitrogens with zero attached hydrogens (tertiary/aromatic N) is 3. The molecular weight excluding hydrogens is 274 g/mol. The average molecular weight is 289 g/mol. The summed E-state index contributed by atoms with van der Waals surface area (Å²) < 4.78 is 0. The van der Waals surface area contributed by atoms with E-state index in [9.17, 15) is 14.7 Å². The van der Waals surface area contributed by atoms with Crippen LogP contribution in [0.3, 0.4) is 0 Å². The minimum absolute atomic E-state index is 0.201. The highest BCUT2D eigenvalue weighted by Crippen LogP contribution is 2.13. The molecule has 2 rings (SSSR count). The van der Waals surface area contributed by atoms with Crippen molar-refractivity contribution in [2.45, 2.75) is 12.6 Å². The second-order valence-corrected chi connectivity index (χ2v) is 4.42. The molecule has 0 saturated heterocycles. The van der Waals surface area contributed by atoms with Gasteiger partial charge in [-0.1, -0.05) is 30.3 Å². The summed E-state index contributed by atoms with van der Waals surface area (Å²) in [5.41, 5.74) is 0.506. The predicted molar refractivity (Wildman–Crippen MR) is 73.2 cm³/mol. The molecule has 8 nitrogen and oxygen atoms in total. The number of urea groups is 1. The van der Waals surface area contributed by atoms with Crippen molar-refractivity contribution in [3.8, 4) is 0 Å². The Hall–Kier alpha value is -2.90. The van der Waals surface area contributed by atoms with Gasteiger partial charge in [0.15, 0.2) is 6.04 Å². The molecule has 0 aliphatic carbocycles. The minimum Gasteiger partial charge on any atom is -0.479 e. The summed E-state index contributed by atoms with van der Waals surface area (Å²) in [5.74, 6) is -0.609. The molecule has 8 heteroatoms. The number of aliphatic carboxylic acids is 1. The number of carbonyl (C=O) groups excluding carboxylic acids is 1. The molecule has 0 spiro atoms. The van der Waals surface area contributed by atoms with Crippen LogP contribution in [0, 0.1) is 0 Å². The van der Waals surface area contributed by atoms with E-state index in [0.717, 1.165) is 0 Å². The summed E-state index contributed by atoms with van der Waals surface area (Å²) >= 11 is 0. The Bertz CT molecular complexity index is 600. The first-order valence-electron chi connectivity index (χ1n) is 6.21. The van der Waals surface area contributed by atoms with Gasteiger partial charge >= 0.3 is 12.0 Å². The van der Waals surface area contributed by atoms with Crippen LogP contribution >= 0.6 is 0 Å². The maximum absolute atomic E-state index is 12.0. The number of benzene rings is 1. The highest BCUT2D eigenvalue weighted by Gasteiger charge is 2.23. The van der Waals surface area contributed by atoms with E-state index in [1.807, 2.05) is 0 Å². The van der Waals surface area contributed by atoms with Crippen molar-refractivity contribution in [2.24, 2.45) is 0 Å². The lowest BCUT2D eigenvalue weighted by molar-refractivity contribution is -0.139. The number of hydrogen-bond donors (Lipinski definition) is 3. The number of rotatable bonds is 5. The molecule has 0 radical (unpaired) electrons. The lowest BCUT2D eigenvalue weighted by Crippen LogP contribution is -2.41. The van der Waals surface area contributed by atoms with Crippen LogP contribution in [0.25, 0.3) is 0 Å².